The van der Waals surface area contributed by atoms with Crippen LogP contribution >= 0.6 is 0 Å². The van der Waals surface area contributed by atoms with E-state index in [-0.39, 0.29) is 24.2 Å². The normalized spacial score (nSPS) is 24.4. The highest BCUT2D eigenvalue weighted by molar-refractivity contribution is 5.79. The van der Waals surface area contributed by atoms with Crippen molar-refractivity contribution in [2.24, 2.45) is 5.92 Å². The van der Waals surface area contributed by atoms with Crippen molar-refractivity contribution in [1.82, 2.24) is 4.90 Å². The van der Waals surface area contributed by atoms with E-state index in [1.165, 1.54) is 22.3 Å². The third-order valence-corrected chi connectivity index (χ3v) is 6.35. The summed E-state index contributed by atoms with van der Waals surface area (Å²) in [4.78, 5) is 14.7. The molecule has 1 heterocycles. The third-order valence-electron chi connectivity index (χ3n) is 6.35. The second-order valence-corrected chi connectivity index (χ2v) is 8.08. The molecule has 2 aromatic carbocycles. The summed E-state index contributed by atoms with van der Waals surface area (Å²) in [5.41, 5.74) is 4.95. The summed E-state index contributed by atoms with van der Waals surface area (Å²) in [7, 11) is 0. The van der Waals surface area contributed by atoms with Crippen LogP contribution in [0.1, 0.15) is 42.7 Å². The minimum Gasteiger partial charge on any atom is -0.448 e. The molecule has 2 fully saturated rings. The number of piperidine rings is 1. The van der Waals surface area contributed by atoms with E-state index >= 15 is 0 Å². The van der Waals surface area contributed by atoms with Crippen molar-refractivity contribution in [3.05, 3.63) is 59.7 Å². The summed E-state index contributed by atoms with van der Waals surface area (Å²) in [5.74, 6) is 0.636. The van der Waals surface area contributed by atoms with Gasteiger partial charge in [0.1, 0.15) is 6.61 Å². The molecule has 0 aromatic heterocycles. The Labute approximate surface area is 159 Å². The molecular weight excluding hydrogens is 338 g/mol. The predicted molar refractivity (Wildman–Crippen MR) is 104 cm³/mol. The lowest BCUT2D eigenvalue weighted by molar-refractivity contribution is 0.0219. The first-order valence-corrected chi connectivity index (χ1v) is 10.0. The lowest BCUT2D eigenvalue weighted by Crippen LogP contribution is -2.49. The summed E-state index contributed by atoms with van der Waals surface area (Å²) < 4.78 is 5.83. The van der Waals surface area contributed by atoms with Gasteiger partial charge in [0.2, 0.25) is 0 Å². The first-order chi connectivity index (χ1) is 13.2. The molecule has 0 bridgehead atoms. The highest BCUT2D eigenvalue weighted by Crippen LogP contribution is 2.45. The Balaban J connectivity index is 1.33. The van der Waals surface area contributed by atoms with Crippen LogP contribution in [0.2, 0.25) is 0 Å². The van der Waals surface area contributed by atoms with E-state index in [1.807, 2.05) is 4.90 Å². The minimum atomic E-state index is -0.284. The van der Waals surface area contributed by atoms with Crippen LogP contribution < -0.4 is 0 Å². The zero-order chi connectivity index (χ0) is 18.4. The van der Waals surface area contributed by atoms with Crippen LogP contribution in [-0.4, -0.2) is 41.4 Å². The van der Waals surface area contributed by atoms with Gasteiger partial charge in [-0.25, -0.2) is 4.79 Å². The topological polar surface area (TPSA) is 49.8 Å². The van der Waals surface area contributed by atoms with E-state index in [9.17, 15) is 9.90 Å². The Morgan fingerprint density at radius 2 is 1.63 bits per heavy atom. The van der Waals surface area contributed by atoms with Gasteiger partial charge in [0.15, 0.2) is 0 Å². The molecular formula is C23H25NO3. The van der Waals surface area contributed by atoms with E-state index < -0.39 is 0 Å². The smallest absolute Gasteiger partial charge is 0.410 e. The van der Waals surface area contributed by atoms with Gasteiger partial charge in [0, 0.05) is 18.5 Å². The molecule has 0 spiro atoms. The van der Waals surface area contributed by atoms with Crippen molar-refractivity contribution in [2.75, 3.05) is 13.2 Å². The van der Waals surface area contributed by atoms with E-state index in [1.54, 1.807) is 0 Å². The average Bonchev–Trinajstić information content (AvgIpc) is 3.49. The number of amides is 1. The summed E-state index contributed by atoms with van der Waals surface area (Å²) >= 11 is 0. The van der Waals surface area contributed by atoms with Crippen molar-refractivity contribution in [1.29, 1.82) is 0 Å². The second-order valence-electron chi connectivity index (χ2n) is 8.08. The van der Waals surface area contributed by atoms with Crippen LogP contribution in [0.3, 0.4) is 0 Å². The van der Waals surface area contributed by atoms with Crippen molar-refractivity contribution >= 4 is 6.09 Å². The number of fused-ring (bicyclic) bond motifs is 3. The number of ether oxygens (including phenoxy) is 1. The number of hydrogen-bond donors (Lipinski definition) is 1. The molecule has 2 unspecified atom stereocenters. The van der Waals surface area contributed by atoms with Gasteiger partial charge in [-0.15, -0.1) is 0 Å². The number of aliphatic hydroxyl groups is 1. The van der Waals surface area contributed by atoms with Crippen molar-refractivity contribution < 1.29 is 14.6 Å². The first kappa shape index (κ1) is 16.8. The molecule has 1 aliphatic heterocycles. The molecule has 3 aliphatic rings. The maximum atomic E-state index is 12.9. The van der Waals surface area contributed by atoms with Gasteiger partial charge in [0.25, 0.3) is 0 Å². The molecule has 1 N–H and O–H groups in total. The summed E-state index contributed by atoms with van der Waals surface area (Å²) in [6, 6.07) is 16.9. The van der Waals surface area contributed by atoms with E-state index in [0.717, 1.165) is 12.8 Å². The molecule has 4 nitrogen and oxygen atoms in total. The zero-order valence-corrected chi connectivity index (χ0v) is 15.4. The Bertz CT molecular complexity index is 815. The van der Waals surface area contributed by atoms with Crippen molar-refractivity contribution in [2.45, 2.75) is 43.7 Å². The number of nitrogens with zero attached hydrogens (tertiary/aromatic N) is 1. The lowest BCUT2D eigenvalue weighted by atomic mass is 9.96. The highest BCUT2D eigenvalue weighted by Gasteiger charge is 2.42. The van der Waals surface area contributed by atoms with Gasteiger partial charge in [0.05, 0.1) is 6.10 Å². The lowest BCUT2D eigenvalue weighted by Gasteiger charge is -2.37. The Morgan fingerprint density at radius 3 is 2.26 bits per heavy atom. The Kier molecular flexibility index (Phi) is 4.16. The number of carbonyl (C=O) groups is 1. The van der Waals surface area contributed by atoms with Crippen LogP contribution in [-0.2, 0) is 4.74 Å². The summed E-state index contributed by atoms with van der Waals surface area (Å²) in [5, 5.41) is 10.00. The van der Waals surface area contributed by atoms with Crippen LogP contribution in [0.25, 0.3) is 11.1 Å². The molecule has 140 valence electrons. The molecule has 1 amide bonds. The summed E-state index contributed by atoms with van der Waals surface area (Å²) in [6.45, 7) is 0.961. The molecule has 27 heavy (non-hydrogen) atoms. The van der Waals surface area contributed by atoms with E-state index in [0.29, 0.717) is 31.9 Å². The van der Waals surface area contributed by atoms with Gasteiger partial charge in [-0.3, -0.25) is 0 Å². The number of benzene rings is 2. The van der Waals surface area contributed by atoms with Gasteiger partial charge < -0.3 is 14.7 Å². The largest absolute Gasteiger partial charge is 0.448 e. The molecule has 2 aromatic rings. The van der Waals surface area contributed by atoms with E-state index in [2.05, 4.69) is 48.5 Å². The van der Waals surface area contributed by atoms with Crippen LogP contribution in [0, 0.1) is 5.92 Å². The molecule has 2 atom stereocenters. The molecule has 2 aliphatic carbocycles. The fourth-order valence-corrected chi connectivity index (χ4v) is 4.81. The van der Waals surface area contributed by atoms with Crippen LogP contribution in [0.15, 0.2) is 48.5 Å². The molecule has 1 saturated heterocycles. The Morgan fingerprint density at radius 1 is 1.00 bits per heavy atom. The van der Waals surface area contributed by atoms with Crippen molar-refractivity contribution in [3.8, 4) is 11.1 Å². The second kappa shape index (κ2) is 6.68. The fourth-order valence-electron chi connectivity index (χ4n) is 4.81. The zero-order valence-electron chi connectivity index (χ0n) is 15.4. The van der Waals surface area contributed by atoms with Gasteiger partial charge in [-0.2, -0.15) is 0 Å². The van der Waals surface area contributed by atoms with Crippen LogP contribution in [0.5, 0.6) is 0 Å². The Hall–Kier alpha value is -2.33. The number of hydrogen-bond acceptors (Lipinski definition) is 3. The first-order valence-electron chi connectivity index (χ1n) is 10.0. The highest BCUT2D eigenvalue weighted by atomic mass is 16.6. The fraction of sp³-hybridized carbons (Fsp3) is 0.435. The number of likely N-dealkylation sites (tertiary alicyclic amines) is 1. The minimum absolute atomic E-state index is 0.0936. The standard InChI is InChI=1S/C23H25NO3/c25-16-11-12-24(22(13-16)15-9-10-15)23(26)27-14-21-19-7-3-1-5-17(19)18-6-2-4-8-20(18)21/h1-8,15-16,21-22,25H,9-14H2. The van der Waals surface area contributed by atoms with Crippen LogP contribution in [0.4, 0.5) is 4.79 Å². The van der Waals surface area contributed by atoms with Gasteiger partial charge >= 0.3 is 6.09 Å². The SMILES string of the molecule is O=C(OCC1c2ccccc2-c2ccccc21)N1CCC(O)CC1C1CC1. The maximum Gasteiger partial charge on any atom is 0.410 e. The number of carbonyl (C=O) groups excluding carboxylic acids is 1. The summed E-state index contributed by atoms with van der Waals surface area (Å²) in [6.07, 6.45) is 3.14. The number of rotatable bonds is 3. The molecule has 0 radical (unpaired) electrons. The van der Waals surface area contributed by atoms with Gasteiger partial charge in [-0.05, 0) is 53.9 Å². The van der Waals surface area contributed by atoms with E-state index in [4.69, 9.17) is 4.74 Å². The quantitative estimate of drug-likeness (QED) is 0.890. The number of aliphatic hydroxyl groups excluding tert-OH is 1. The third kappa shape index (κ3) is 3.02. The average molecular weight is 363 g/mol. The monoisotopic (exact) mass is 363 g/mol. The molecule has 1 saturated carbocycles. The molecule has 4 heteroatoms. The molecule has 5 rings (SSSR count). The maximum absolute atomic E-state index is 12.9. The predicted octanol–water partition coefficient (Wildman–Crippen LogP) is 4.17. The van der Waals surface area contributed by atoms with Crippen molar-refractivity contribution in [3.63, 3.8) is 0 Å². The van der Waals surface area contributed by atoms with Gasteiger partial charge in [-0.1, -0.05) is 48.5 Å².